The maximum absolute atomic E-state index is 14.0. The van der Waals surface area contributed by atoms with E-state index < -0.39 is 5.41 Å². The highest BCUT2D eigenvalue weighted by molar-refractivity contribution is 6.20. The standard InChI is InChI=1S/C32H34N4O2/c1-20(2)6-5-7-22-15-25-26(16-28(22)36-12-10-35(11-13-36)23-18-38-19-23)32(3,4)31-29(30(25)37)24-9-8-21(17-33)14-27(24)34-31/h8-9,14-16,20,23,34H,6,10-13,18-19H2,1-4H3. The molecule has 2 aliphatic heterocycles. The quantitative estimate of drug-likeness (QED) is 0.516. The number of nitriles is 1. The Labute approximate surface area is 224 Å². The van der Waals surface area contributed by atoms with Crippen LogP contribution in [0, 0.1) is 29.1 Å². The van der Waals surface area contributed by atoms with Gasteiger partial charge in [0, 0.05) is 65.7 Å². The highest BCUT2D eigenvalue weighted by Crippen LogP contribution is 2.45. The fraction of sp³-hybridized carbons (Fsp3) is 0.438. The van der Waals surface area contributed by atoms with Gasteiger partial charge in [-0.3, -0.25) is 9.69 Å². The van der Waals surface area contributed by atoms with E-state index in [4.69, 9.17) is 4.74 Å². The number of ketones is 1. The molecule has 6 heteroatoms. The number of hydrogen-bond donors (Lipinski definition) is 1. The second-order valence-electron chi connectivity index (χ2n) is 11.7. The third-order valence-corrected chi connectivity index (χ3v) is 8.36. The average Bonchev–Trinajstić information content (AvgIpc) is 3.26. The number of fused-ring (bicyclic) bond motifs is 4. The lowest BCUT2D eigenvalue weighted by Gasteiger charge is -2.43. The summed E-state index contributed by atoms with van der Waals surface area (Å²) in [6, 6.07) is 12.5. The molecule has 2 fully saturated rings. The number of carbonyl (C=O) groups excluding carboxylic acids is 1. The maximum atomic E-state index is 14.0. The van der Waals surface area contributed by atoms with Crippen molar-refractivity contribution in [3.05, 3.63) is 63.8 Å². The zero-order valence-electron chi connectivity index (χ0n) is 22.6. The molecule has 6 rings (SSSR count). The summed E-state index contributed by atoms with van der Waals surface area (Å²) in [6.45, 7) is 14.2. The fourth-order valence-electron chi connectivity index (χ4n) is 6.01. The summed E-state index contributed by atoms with van der Waals surface area (Å²) in [7, 11) is 0. The number of aromatic amines is 1. The molecule has 1 N–H and O–H groups in total. The van der Waals surface area contributed by atoms with Gasteiger partial charge in [0.05, 0.1) is 42.1 Å². The third kappa shape index (κ3) is 4.00. The molecule has 1 aliphatic carbocycles. The molecule has 3 aliphatic rings. The van der Waals surface area contributed by atoms with Gasteiger partial charge in [-0.25, -0.2) is 0 Å². The van der Waals surface area contributed by atoms with Crippen molar-refractivity contribution in [3.63, 3.8) is 0 Å². The normalized spacial score (nSPS) is 18.9. The first kappa shape index (κ1) is 24.7. The average molecular weight is 507 g/mol. The zero-order valence-corrected chi connectivity index (χ0v) is 22.6. The van der Waals surface area contributed by atoms with E-state index in [9.17, 15) is 10.1 Å². The smallest absolute Gasteiger partial charge is 0.195 e. The van der Waals surface area contributed by atoms with Crippen LogP contribution in [0.5, 0.6) is 0 Å². The Bertz CT molecular complexity index is 1530. The maximum Gasteiger partial charge on any atom is 0.195 e. The number of ether oxygens (including phenoxy) is 1. The molecule has 0 bridgehead atoms. The van der Waals surface area contributed by atoms with Crippen LogP contribution in [0.15, 0.2) is 30.3 Å². The zero-order chi connectivity index (χ0) is 26.6. The monoisotopic (exact) mass is 506 g/mol. The molecule has 2 saturated heterocycles. The van der Waals surface area contributed by atoms with Crippen LogP contribution in [0.4, 0.5) is 5.69 Å². The molecule has 194 valence electrons. The third-order valence-electron chi connectivity index (χ3n) is 8.36. The lowest BCUT2D eigenvalue weighted by molar-refractivity contribution is -0.0660. The Morgan fingerprint density at radius 1 is 1.13 bits per heavy atom. The van der Waals surface area contributed by atoms with Crippen molar-refractivity contribution in [1.29, 1.82) is 5.26 Å². The molecule has 0 atom stereocenters. The summed E-state index contributed by atoms with van der Waals surface area (Å²) < 4.78 is 5.42. The lowest BCUT2D eigenvalue weighted by Crippen LogP contribution is -2.56. The minimum atomic E-state index is -0.409. The van der Waals surface area contributed by atoms with E-state index in [2.05, 4.69) is 66.5 Å². The Morgan fingerprint density at radius 3 is 2.55 bits per heavy atom. The van der Waals surface area contributed by atoms with Gasteiger partial charge in [0.25, 0.3) is 0 Å². The van der Waals surface area contributed by atoms with E-state index >= 15 is 0 Å². The number of carbonyl (C=O) groups is 1. The van der Waals surface area contributed by atoms with Gasteiger partial charge in [0.15, 0.2) is 5.78 Å². The van der Waals surface area contributed by atoms with Crippen molar-refractivity contribution in [2.24, 2.45) is 5.92 Å². The van der Waals surface area contributed by atoms with Gasteiger partial charge < -0.3 is 14.6 Å². The van der Waals surface area contributed by atoms with E-state index in [0.717, 1.165) is 84.8 Å². The molecule has 3 heterocycles. The van der Waals surface area contributed by atoms with Gasteiger partial charge in [-0.1, -0.05) is 45.6 Å². The van der Waals surface area contributed by atoms with Crippen LogP contribution in [0.2, 0.25) is 0 Å². The summed E-state index contributed by atoms with van der Waals surface area (Å²) >= 11 is 0. The van der Waals surface area contributed by atoms with Crippen LogP contribution in [-0.2, 0) is 10.2 Å². The Balaban J connectivity index is 1.45. The van der Waals surface area contributed by atoms with Gasteiger partial charge in [-0.15, -0.1) is 0 Å². The van der Waals surface area contributed by atoms with E-state index in [-0.39, 0.29) is 5.78 Å². The SMILES string of the molecule is CC(C)CC#Cc1cc2c(cc1N1CCN(C3COC3)CC1)C(C)(C)c1[nH]c3cc(C#N)ccc3c1C2=O. The van der Waals surface area contributed by atoms with Crippen molar-refractivity contribution < 1.29 is 9.53 Å². The predicted molar refractivity (Wildman–Crippen MR) is 150 cm³/mol. The molecule has 0 unspecified atom stereocenters. The Hall–Kier alpha value is -3.58. The van der Waals surface area contributed by atoms with E-state index in [0.29, 0.717) is 23.1 Å². The number of aromatic nitrogens is 1. The second-order valence-corrected chi connectivity index (χ2v) is 11.7. The summed E-state index contributed by atoms with van der Waals surface area (Å²) in [4.78, 5) is 22.5. The molecule has 0 amide bonds. The summed E-state index contributed by atoms with van der Waals surface area (Å²) in [5, 5.41) is 10.3. The van der Waals surface area contributed by atoms with Crippen LogP contribution in [0.25, 0.3) is 10.9 Å². The molecule has 0 spiro atoms. The molecule has 6 nitrogen and oxygen atoms in total. The molecule has 1 aromatic heterocycles. The molecule has 3 aromatic rings. The number of nitrogens with one attached hydrogen (secondary N) is 1. The number of H-pyrrole nitrogens is 1. The van der Waals surface area contributed by atoms with Gasteiger partial charge in [0.2, 0.25) is 0 Å². The van der Waals surface area contributed by atoms with Crippen LogP contribution < -0.4 is 4.90 Å². The van der Waals surface area contributed by atoms with Crippen molar-refractivity contribution in [2.75, 3.05) is 44.3 Å². The van der Waals surface area contributed by atoms with Gasteiger partial charge in [-0.05, 0) is 35.7 Å². The highest BCUT2D eigenvalue weighted by atomic mass is 16.5. The molecule has 2 aromatic carbocycles. The predicted octanol–water partition coefficient (Wildman–Crippen LogP) is 4.83. The van der Waals surface area contributed by atoms with Gasteiger partial charge in [0.1, 0.15) is 0 Å². The van der Waals surface area contributed by atoms with E-state index in [1.807, 2.05) is 18.2 Å². The van der Waals surface area contributed by atoms with Crippen LogP contribution in [-0.4, -0.2) is 61.1 Å². The van der Waals surface area contributed by atoms with E-state index in [1.165, 1.54) is 0 Å². The minimum absolute atomic E-state index is 0.0264. The summed E-state index contributed by atoms with van der Waals surface area (Å²) in [6.07, 6.45) is 0.819. The number of rotatable bonds is 3. The number of benzene rings is 2. The van der Waals surface area contributed by atoms with Crippen molar-refractivity contribution in [3.8, 4) is 17.9 Å². The Kier molecular flexibility index (Phi) is 6.06. The first-order valence-electron chi connectivity index (χ1n) is 13.6. The minimum Gasteiger partial charge on any atom is -0.378 e. The lowest BCUT2D eigenvalue weighted by atomic mass is 9.70. The largest absolute Gasteiger partial charge is 0.378 e. The first-order chi connectivity index (χ1) is 18.3. The topological polar surface area (TPSA) is 72.4 Å². The van der Waals surface area contributed by atoms with E-state index in [1.54, 1.807) is 6.07 Å². The number of anilines is 1. The first-order valence-corrected chi connectivity index (χ1v) is 13.6. The molecule has 0 saturated carbocycles. The van der Waals surface area contributed by atoms with Gasteiger partial charge in [-0.2, -0.15) is 5.26 Å². The molecular weight excluding hydrogens is 472 g/mol. The molecular formula is C32H34N4O2. The van der Waals surface area contributed by atoms with Crippen molar-refractivity contribution in [2.45, 2.75) is 45.6 Å². The fourth-order valence-corrected chi connectivity index (χ4v) is 6.01. The number of hydrogen-bond acceptors (Lipinski definition) is 5. The number of nitrogens with zero attached hydrogens (tertiary/aromatic N) is 3. The highest BCUT2D eigenvalue weighted by Gasteiger charge is 2.41. The molecule has 38 heavy (non-hydrogen) atoms. The van der Waals surface area contributed by atoms with Gasteiger partial charge >= 0.3 is 0 Å². The summed E-state index contributed by atoms with van der Waals surface area (Å²) in [5.74, 6) is 7.33. The Morgan fingerprint density at radius 2 is 1.89 bits per heavy atom. The number of piperazine rings is 1. The van der Waals surface area contributed by atoms with Crippen LogP contribution in [0.1, 0.15) is 72.4 Å². The van der Waals surface area contributed by atoms with Crippen molar-refractivity contribution in [1.82, 2.24) is 9.88 Å². The van der Waals surface area contributed by atoms with Crippen molar-refractivity contribution >= 4 is 22.4 Å². The summed E-state index contributed by atoms with van der Waals surface area (Å²) in [5.41, 5.74) is 6.45. The second kappa shape index (κ2) is 9.31. The van der Waals surface area contributed by atoms with Crippen LogP contribution >= 0.6 is 0 Å². The molecule has 0 radical (unpaired) electrons. The van der Waals surface area contributed by atoms with Crippen LogP contribution in [0.3, 0.4) is 0 Å².